The van der Waals surface area contributed by atoms with Gasteiger partial charge in [-0.3, -0.25) is 0 Å². The van der Waals surface area contributed by atoms with Crippen LogP contribution in [-0.2, 0) is 6.18 Å². The zero-order chi connectivity index (χ0) is 22.3. The van der Waals surface area contributed by atoms with Gasteiger partial charge in [-0.1, -0.05) is 11.6 Å². The summed E-state index contributed by atoms with van der Waals surface area (Å²) in [4.78, 5) is 4.54. The number of fused-ring (bicyclic) bond motifs is 1. The van der Waals surface area contributed by atoms with Gasteiger partial charge >= 0.3 is 6.18 Å². The molecule has 0 saturated carbocycles. The van der Waals surface area contributed by atoms with Gasteiger partial charge in [0, 0.05) is 10.6 Å². The van der Waals surface area contributed by atoms with E-state index in [1.807, 2.05) is 0 Å². The average Bonchev–Trinajstić information content (AvgIpc) is 3.08. The molecular weight excluding hydrogens is 431 g/mol. The molecule has 0 bridgehead atoms. The van der Waals surface area contributed by atoms with Gasteiger partial charge in [-0.25, -0.2) is 9.67 Å². The van der Waals surface area contributed by atoms with Crippen LogP contribution < -0.4 is 9.47 Å². The van der Waals surface area contributed by atoms with Crippen molar-refractivity contribution in [1.82, 2.24) is 14.8 Å². The summed E-state index contributed by atoms with van der Waals surface area (Å²) in [6, 6.07) is 12.5. The van der Waals surface area contributed by atoms with Crippen LogP contribution in [-0.4, -0.2) is 29.0 Å². The number of aromatic nitrogens is 3. The van der Waals surface area contributed by atoms with Crippen LogP contribution in [0.3, 0.4) is 0 Å². The lowest BCUT2D eigenvalue weighted by Crippen LogP contribution is -2.08. The van der Waals surface area contributed by atoms with Crippen molar-refractivity contribution < 1.29 is 22.6 Å². The summed E-state index contributed by atoms with van der Waals surface area (Å²) in [5, 5.41) is 4.78. The molecule has 0 aliphatic rings. The van der Waals surface area contributed by atoms with Crippen LogP contribution in [0.4, 0.5) is 13.2 Å². The third-order valence-electron chi connectivity index (χ3n) is 4.87. The Morgan fingerprint density at radius 2 is 1.61 bits per heavy atom. The predicted molar refractivity (Wildman–Crippen MR) is 112 cm³/mol. The SMILES string of the molecule is COc1ccc(-c2cc(C(F)(F)F)c3c(C)nn(-c4ccc(Cl)cc4)c3n2)cc1OC. The van der Waals surface area contributed by atoms with Crippen molar-refractivity contribution >= 4 is 22.6 Å². The Kier molecular flexibility index (Phi) is 5.26. The lowest BCUT2D eigenvalue weighted by atomic mass is 10.0. The van der Waals surface area contributed by atoms with Crippen LogP contribution in [0.25, 0.3) is 28.0 Å². The maximum absolute atomic E-state index is 14.0. The van der Waals surface area contributed by atoms with Crippen molar-refractivity contribution in [3.63, 3.8) is 0 Å². The lowest BCUT2D eigenvalue weighted by molar-refractivity contribution is -0.136. The Morgan fingerprint density at radius 3 is 2.23 bits per heavy atom. The maximum Gasteiger partial charge on any atom is 0.417 e. The average molecular weight is 448 g/mol. The highest BCUT2D eigenvalue weighted by molar-refractivity contribution is 6.30. The fourth-order valence-corrected chi connectivity index (χ4v) is 3.54. The molecule has 4 rings (SSSR count). The zero-order valence-corrected chi connectivity index (χ0v) is 17.5. The number of methoxy groups -OCH3 is 2. The van der Waals surface area contributed by atoms with Crippen molar-refractivity contribution in [3.05, 3.63) is 64.8 Å². The molecule has 0 fully saturated rings. The molecule has 4 aromatic rings. The second-order valence-electron chi connectivity index (χ2n) is 6.79. The third kappa shape index (κ3) is 3.79. The number of ether oxygens (including phenoxy) is 2. The van der Waals surface area contributed by atoms with Crippen molar-refractivity contribution in [2.24, 2.45) is 0 Å². The largest absolute Gasteiger partial charge is 0.493 e. The molecule has 0 aliphatic heterocycles. The highest BCUT2D eigenvalue weighted by Gasteiger charge is 2.36. The molecule has 31 heavy (non-hydrogen) atoms. The van der Waals surface area contributed by atoms with Crippen molar-refractivity contribution in [3.8, 4) is 28.4 Å². The molecule has 0 unspecified atom stereocenters. The summed E-state index contributed by atoms with van der Waals surface area (Å²) >= 11 is 5.95. The predicted octanol–water partition coefficient (Wildman–Crippen LogP) is 6.09. The van der Waals surface area contributed by atoms with E-state index in [4.69, 9.17) is 21.1 Å². The van der Waals surface area contributed by atoms with Gasteiger partial charge in [0.1, 0.15) is 0 Å². The summed E-state index contributed by atoms with van der Waals surface area (Å²) in [5.74, 6) is 0.850. The zero-order valence-electron chi connectivity index (χ0n) is 16.8. The molecule has 0 N–H and O–H groups in total. The molecule has 0 aliphatic carbocycles. The summed E-state index contributed by atoms with van der Waals surface area (Å²) < 4.78 is 53.9. The number of nitrogens with zero attached hydrogens (tertiary/aromatic N) is 3. The van der Waals surface area contributed by atoms with Crippen LogP contribution >= 0.6 is 11.6 Å². The van der Waals surface area contributed by atoms with E-state index in [9.17, 15) is 13.2 Å². The van der Waals surface area contributed by atoms with Crippen molar-refractivity contribution in [1.29, 1.82) is 0 Å². The molecule has 0 amide bonds. The quantitative estimate of drug-likeness (QED) is 0.380. The summed E-state index contributed by atoms with van der Waals surface area (Å²) in [7, 11) is 2.94. The minimum absolute atomic E-state index is 0.0494. The van der Waals surface area contributed by atoms with E-state index in [0.29, 0.717) is 27.8 Å². The first kappa shape index (κ1) is 21.0. The number of pyridine rings is 1. The first-order valence-corrected chi connectivity index (χ1v) is 9.56. The molecule has 0 spiro atoms. The summed E-state index contributed by atoms with van der Waals surface area (Å²) in [6.07, 6.45) is -4.59. The number of alkyl halides is 3. The topological polar surface area (TPSA) is 49.2 Å². The Labute approximate surface area is 181 Å². The fourth-order valence-electron chi connectivity index (χ4n) is 3.42. The molecule has 0 saturated heterocycles. The van der Waals surface area contributed by atoms with E-state index in [0.717, 1.165) is 6.07 Å². The third-order valence-corrected chi connectivity index (χ3v) is 5.12. The van der Waals surface area contributed by atoms with E-state index >= 15 is 0 Å². The van der Waals surface area contributed by atoms with Crippen molar-refractivity contribution in [2.75, 3.05) is 14.2 Å². The fraction of sp³-hybridized carbons (Fsp3) is 0.182. The van der Waals surface area contributed by atoms with Crippen LogP contribution in [0, 0.1) is 6.92 Å². The van der Waals surface area contributed by atoms with E-state index in [1.165, 1.54) is 25.8 Å². The van der Waals surface area contributed by atoms with Gasteiger partial charge in [0.05, 0.1) is 42.2 Å². The minimum atomic E-state index is -4.59. The molecule has 2 aromatic heterocycles. The van der Waals surface area contributed by atoms with Crippen LogP contribution in [0.2, 0.25) is 5.02 Å². The first-order valence-electron chi connectivity index (χ1n) is 9.19. The van der Waals surface area contributed by atoms with E-state index < -0.39 is 11.7 Å². The van der Waals surface area contributed by atoms with Crippen LogP contribution in [0.15, 0.2) is 48.5 Å². The number of hydrogen-bond donors (Lipinski definition) is 0. The Bertz CT molecular complexity index is 1270. The smallest absolute Gasteiger partial charge is 0.417 e. The second kappa shape index (κ2) is 7.77. The van der Waals surface area contributed by atoms with Gasteiger partial charge in [0.15, 0.2) is 17.1 Å². The van der Waals surface area contributed by atoms with Crippen LogP contribution in [0.1, 0.15) is 11.3 Å². The van der Waals surface area contributed by atoms with Gasteiger partial charge in [0.25, 0.3) is 0 Å². The Morgan fingerprint density at radius 1 is 0.935 bits per heavy atom. The number of halogens is 4. The molecule has 2 heterocycles. The number of hydrogen-bond acceptors (Lipinski definition) is 4. The number of aryl methyl sites for hydroxylation is 1. The minimum Gasteiger partial charge on any atom is -0.493 e. The molecule has 2 aromatic carbocycles. The van der Waals surface area contributed by atoms with Crippen LogP contribution in [0.5, 0.6) is 11.5 Å². The number of rotatable bonds is 4. The Balaban J connectivity index is 2.02. The highest BCUT2D eigenvalue weighted by Crippen LogP contribution is 2.40. The molecule has 0 atom stereocenters. The van der Waals surface area contributed by atoms with Gasteiger partial charge in [0.2, 0.25) is 0 Å². The maximum atomic E-state index is 14.0. The summed E-state index contributed by atoms with van der Waals surface area (Å²) in [6.45, 7) is 1.53. The van der Waals surface area contributed by atoms with Gasteiger partial charge in [-0.2, -0.15) is 18.3 Å². The highest BCUT2D eigenvalue weighted by atomic mass is 35.5. The molecule has 5 nitrogen and oxygen atoms in total. The van der Waals surface area contributed by atoms with E-state index in [1.54, 1.807) is 42.5 Å². The molecule has 160 valence electrons. The van der Waals surface area contributed by atoms with E-state index in [2.05, 4.69) is 10.1 Å². The Hall–Kier alpha value is -3.26. The molecule has 0 radical (unpaired) electrons. The van der Waals surface area contributed by atoms with Crippen molar-refractivity contribution in [2.45, 2.75) is 13.1 Å². The normalized spacial score (nSPS) is 11.7. The van der Waals surface area contributed by atoms with Gasteiger partial charge < -0.3 is 9.47 Å². The second-order valence-corrected chi connectivity index (χ2v) is 7.23. The number of benzene rings is 2. The first-order chi connectivity index (χ1) is 14.7. The molecule has 9 heteroatoms. The monoisotopic (exact) mass is 447 g/mol. The van der Waals surface area contributed by atoms with Gasteiger partial charge in [-0.05, 0) is 55.5 Å². The van der Waals surface area contributed by atoms with Gasteiger partial charge in [-0.15, -0.1) is 0 Å². The van der Waals surface area contributed by atoms with E-state index in [-0.39, 0.29) is 22.4 Å². The summed E-state index contributed by atoms with van der Waals surface area (Å²) in [5.41, 5.74) is 0.651. The lowest BCUT2D eigenvalue weighted by Gasteiger charge is -2.13. The molecular formula is C22H17ClF3N3O2. The standard InChI is InChI=1S/C22H17ClF3N3O2/c1-12-20-16(22(24,25)26)11-17(13-4-9-18(30-2)19(10-13)31-3)27-21(20)29(28-12)15-7-5-14(23)6-8-15/h4-11H,1-3H3.